The first-order chi connectivity index (χ1) is 8.28. The van der Waals surface area contributed by atoms with Gasteiger partial charge in [0.25, 0.3) is 0 Å². The fourth-order valence-corrected chi connectivity index (χ4v) is 2.44. The molecule has 3 aromatic rings. The average molecular weight is 248 g/mol. The van der Waals surface area contributed by atoms with E-state index in [1.54, 1.807) is 23.7 Å². The van der Waals surface area contributed by atoms with Crippen molar-refractivity contribution in [1.82, 2.24) is 14.6 Å². The van der Waals surface area contributed by atoms with Gasteiger partial charge in [0.05, 0.1) is 5.69 Å². The second-order valence-corrected chi connectivity index (χ2v) is 4.34. The molecule has 0 aliphatic carbocycles. The summed E-state index contributed by atoms with van der Waals surface area (Å²) in [5.74, 6) is 0.343. The highest BCUT2D eigenvalue weighted by Gasteiger charge is 2.10. The Morgan fingerprint density at radius 1 is 1.29 bits per heavy atom. The number of nitrogens with one attached hydrogen (secondary N) is 1. The zero-order valence-electron chi connectivity index (χ0n) is 9.01. The quantitative estimate of drug-likeness (QED) is 0.758. The minimum Gasteiger partial charge on any atom is -0.356 e. The van der Waals surface area contributed by atoms with Crippen LogP contribution >= 0.6 is 11.3 Å². The molecule has 0 fully saturated rings. The van der Waals surface area contributed by atoms with Crippen molar-refractivity contribution >= 4 is 22.2 Å². The lowest BCUT2D eigenvalue weighted by Gasteiger charge is -1.98. The molecule has 0 spiro atoms. The Kier molecular flexibility index (Phi) is 2.29. The first kappa shape index (κ1) is 10.2. The summed E-state index contributed by atoms with van der Waals surface area (Å²) in [7, 11) is 1.77. The van der Waals surface area contributed by atoms with E-state index in [2.05, 4.69) is 15.4 Å². The van der Waals surface area contributed by atoms with E-state index >= 15 is 0 Å². The number of hydrogen-bond acceptors (Lipinski definition) is 4. The number of anilines is 1. The minimum absolute atomic E-state index is 0.241. The lowest BCUT2D eigenvalue weighted by Crippen LogP contribution is -1.92. The standard InChI is InChI=1S/C11H9FN4S/c1-13-10-14-11-16(15-10)9(6-17-11)7-2-4-8(12)5-3-7/h2-6H,1H3,(H,13,15). The van der Waals surface area contributed by atoms with Crippen LogP contribution in [0.2, 0.25) is 0 Å². The van der Waals surface area contributed by atoms with Gasteiger partial charge in [-0.15, -0.1) is 16.4 Å². The van der Waals surface area contributed by atoms with Gasteiger partial charge in [-0.1, -0.05) is 0 Å². The van der Waals surface area contributed by atoms with Gasteiger partial charge in [-0.2, -0.15) is 4.98 Å². The molecule has 0 bridgehead atoms. The van der Waals surface area contributed by atoms with Gasteiger partial charge in [-0.05, 0) is 24.3 Å². The maximum absolute atomic E-state index is 12.9. The van der Waals surface area contributed by atoms with Gasteiger partial charge in [0.1, 0.15) is 5.82 Å². The number of fused-ring (bicyclic) bond motifs is 1. The second kappa shape index (κ2) is 3.81. The van der Waals surface area contributed by atoms with Gasteiger partial charge >= 0.3 is 0 Å². The molecule has 1 N–H and O–H groups in total. The van der Waals surface area contributed by atoms with E-state index in [1.807, 2.05) is 5.38 Å². The predicted molar refractivity (Wildman–Crippen MR) is 65.8 cm³/mol. The van der Waals surface area contributed by atoms with Crippen molar-refractivity contribution < 1.29 is 4.39 Å². The monoisotopic (exact) mass is 248 g/mol. The van der Waals surface area contributed by atoms with E-state index < -0.39 is 0 Å². The highest BCUT2D eigenvalue weighted by atomic mass is 32.1. The van der Waals surface area contributed by atoms with E-state index in [0.29, 0.717) is 5.95 Å². The zero-order valence-corrected chi connectivity index (χ0v) is 9.83. The van der Waals surface area contributed by atoms with Crippen LogP contribution in [0.1, 0.15) is 0 Å². The van der Waals surface area contributed by atoms with E-state index in [4.69, 9.17) is 0 Å². The Morgan fingerprint density at radius 2 is 2.06 bits per heavy atom. The molecule has 0 aliphatic rings. The molecule has 0 atom stereocenters. The molecule has 0 saturated carbocycles. The molecule has 3 rings (SSSR count). The summed E-state index contributed by atoms with van der Waals surface area (Å²) in [6.07, 6.45) is 0. The number of benzene rings is 1. The molecular weight excluding hydrogens is 239 g/mol. The number of hydrogen-bond donors (Lipinski definition) is 1. The zero-order chi connectivity index (χ0) is 11.8. The predicted octanol–water partition coefficient (Wildman–Crippen LogP) is 2.64. The van der Waals surface area contributed by atoms with Crippen LogP contribution < -0.4 is 5.32 Å². The van der Waals surface area contributed by atoms with Gasteiger partial charge in [0.15, 0.2) is 0 Å². The summed E-state index contributed by atoms with van der Waals surface area (Å²) in [6, 6.07) is 6.35. The van der Waals surface area contributed by atoms with Crippen molar-refractivity contribution in [2.45, 2.75) is 0 Å². The smallest absolute Gasteiger partial charge is 0.243 e. The minimum atomic E-state index is -0.241. The van der Waals surface area contributed by atoms with Crippen molar-refractivity contribution in [2.75, 3.05) is 12.4 Å². The van der Waals surface area contributed by atoms with Crippen molar-refractivity contribution in [3.63, 3.8) is 0 Å². The molecule has 0 radical (unpaired) electrons. The third kappa shape index (κ3) is 1.66. The number of halogens is 1. The summed E-state index contributed by atoms with van der Waals surface area (Å²) >= 11 is 1.50. The third-order valence-electron chi connectivity index (χ3n) is 2.45. The van der Waals surface area contributed by atoms with Gasteiger partial charge in [0, 0.05) is 18.0 Å². The maximum atomic E-state index is 12.9. The summed E-state index contributed by atoms with van der Waals surface area (Å²) in [5.41, 5.74) is 1.84. The number of rotatable bonds is 2. The summed E-state index contributed by atoms with van der Waals surface area (Å²) < 4.78 is 14.6. The summed E-state index contributed by atoms with van der Waals surface area (Å²) in [5, 5.41) is 9.16. The van der Waals surface area contributed by atoms with Crippen molar-refractivity contribution in [1.29, 1.82) is 0 Å². The van der Waals surface area contributed by atoms with Crippen molar-refractivity contribution in [3.05, 3.63) is 35.5 Å². The summed E-state index contributed by atoms with van der Waals surface area (Å²) in [6.45, 7) is 0. The molecule has 6 heteroatoms. The van der Waals surface area contributed by atoms with E-state index in [0.717, 1.165) is 16.2 Å². The van der Waals surface area contributed by atoms with Gasteiger partial charge in [-0.3, -0.25) is 0 Å². The molecular formula is C11H9FN4S. The van der Waals surface area contributed by atoms with Crippen LogP contribution in [0, 0.1) is 5.82 Å². The normalized spacial score (nSPS) is 10.9. The van der Waals surface area contributed by atoms with Gasteiger partial charge in [-0.25, -0.2) is 8.91 Å². The molecule has 0 amide bonds. The SMILES string of the molecule is CNc1nc2scc(-c3ccc(F)cc3)n2n1. The summed E-state index contributed by atoms with van der Waals surface area (Å²) in [4.78, 5) is 5.09. The molecule has 0 unspecified atom stereocenters. The topological polar surface area (TPSA) is 42.2 Å². The molecule has 86 valence electrons. The third-order valence-corrected chi connectivity index (χ3v) is 3.26. The molecule has 4 nitrogen and oxygen atoms in total. The number of aromatic nitrogens is 3. The average Bonchev–Trinajstić information content (AvgIpc) is 2.89. The highest BCUT2D eigenvalue weighted by Crippen LogP contribution is 2.25. The van der Waals surface area contributed by atoms with E-state index in [9.17, 15) is 4.39 Å². The number of nitrogens with zero attached hydrogens (tertiary/aromatic N) is 3. The Morgan fingerprint density at radius 3 is 2.76 bits per heavy atom. The molecule has 0 saturated heterocycles. The van der Waals surface area contributed by atoms with Crippen LogP contribution in [0.4, 0.5) is 10.3 Å². The lowest BCUT2D eigenvalue weighted by atomic mass is 10.2. The van der Waals surface area contributed by atoms with Crippen LogP contribution in [0.3, 0.4) is 0 Å². The Bertz CT molecular complexity index is 656. The molecule has 0 aliphatic heterocycles. The van der Waals surface area contributed by atoms with Crippen LogP contribution in [0.15, 0.2) is 29.6 Å². The van der Waals surface area contributed by atoms with E-state index in [-0.39, 0.29) is 5.82 Å². The van der Waals surface area contributed by atoms with Crippen LogP contribution in [0.25, 0.3) is 16.2 Å². The lowest BCUT2D eigenvalue weighted by molar-refractivity contribution is 0.628. The maximum Gasteiger partial charge on any atom is 0.243 e. The molecule has 2 heterocycles. The second-order valence-electron chi connectivity index (χ2n) is 3.51. The van der Waals surface area contributed by atoms with Crippen LogP contribution in [-0.2, 0) is 0 Å². The van der Waals surface area contributed by atoms with Gasteiger partial charge < -0.3 is 5.32 Å². The van der Waals surface area contributed by atoms with Gasteiger partial charge in [0.2, 0.25) is 10.9 Å². The number of thiazole rings is 1. The fraction of sp³-hybridized carbons (Fsp3) is 0.0909. The molecule has 1 aromatic carbocycles. The van der Waals surface area contributed by atoms with Crippen molar-refractivity contribution in [3.8, 4) is 11.3 Å². The van der Waals surface area contributed by atoms with Crippen molar-refractivity contribution in [2.24, 2.45) is 0 Å². The first-order valence-corrected chi connectivity index (χ1v) is 5.94. The largest absolute Gasteiger partial charge is 0.356 e. The first-order valence-electron chi connectivity index (χ1n) is 5.06. The Labute approximate surface area is 101 Å². The highest BCUT2D eigenvalue weighted by molar-refractivity contribution is 7.15. The van der Waals surface area contributed by atoms with Crippen LogP contribution in [-0.4, -0.2) is 21.6 Å². The fourth-order valence-electron chi connectivity index (χ4n) is 1.61. The van der Waals surface area contributed by atoms with Crippen LogP contribution in [0.5, 0.6) is 0 Å². The Balaban J connectivity index is 2.16. The molecule has 2 aromatic heterocycles. The van der Waals surface area contributed by atoms with E-state index in [1.165, 1.54) is 23.5 Å². The Hall–Kier alpha value is -1.95. The molecule has 17 heavy (non-hydrogen) atoms.